The third-order valence-electron chi connectivity index (χ3n) is 4.17. The minimum absolute atomic E-state index is 0.275. The second-order valence-electron chi connectivity index (χ2n) is 6.09. The van der Waals surface area contributed by atoms with Crippen molar-refractivity contribution in [3.05, 3.63) is 58.1 Å². The number of amides is 3. The highest BCUT2D eigenvalue weighted by Gasteiger charge is 2.32. The summed E-state index contributed by atoms with van der Waals surface area (Å²) in [6, 6.07) is 9.76. The molecular weight excluding hydrogens is 356 g/mol. The lowest BCUT2D eigenvalue weighted by atomic mass is 10.1. The number of nitrogens with zero attached hydrogens (tertiary/aromatic N) is 1. The summed E-state index contributed by atoms with van der Waals surface area (Å²) in [5, 5.41) is 3.29. The van der Waals surface area contributed by atoms with Gasteiger partial charge in [0.15, 0.2) is 6.10 Å². The summed E-state index contributed by atoms with van der Waals surface area (Å²) < 4.78 is 5.68. The van der Waals surface area contributed by atoms with Gasteiger partial charge in [-0.15, -0.1) is 0 Å². The van der Waals surface area contributed by atoms with Crippen molar-refractivity contribution in [1.29, 1.82) is 0 Å². The largest absolute Gasteiger partial charge is 0.481 e. The maximum absolute atomic E-state index is 12.4. The van der Waals surface area contributed by atoms with Crippen LogP contribution >= 0.6 is 11.6 Å². The van der Waals surface area contributed by atoms with Crippen molar-refractivity contribution in [3.63, 3.8) is 0 Å². The molecule has 7 heteroatoms. The van der Waals surface area contributed by atoms with E-state index in [0.717, 1.165) is 10.5 Å². The Morgan fingerprint density at radius 3 is 2.50 bits per heavy atom. The molecule has 134 valence electrons. The SMILES string of the molecule is Cc1cc(Cl)ccc1O[C@@H](C)C(=O)Nc1ccc2c(c1)C(=O)N(C)C2=O. The van der Waals surface area contributed by atoms with Crippen molar-refractivity contribution in [1.82, 2.24) is 4.90 Å². The number of anilines is 1. The van der Waals surface area contributed by atoms with Crippen LogP contribution in [0.2, 0.25) is 5.02 Å². The fourth-order valence-corrected chi connectivity index (χ4v) is 2.90. The van der Waals surface area contributed by atoms with E-state index in [4.69, 9.17) is 16.3 Å². The molecule has 0 spiro atoms. The van der Waals surface area contributed by atoms with E-state index in [-0.39, 0.29) is 23.3 Å². The Hall–Kier alpha value is -2.86. The maximum Gasteiger partial charge on any atom is 0.265 e. The number of hydrogen-bond donors (Lipinski definition) is 1. The van der Waals surface area contributed by atoms with Gasteiger partial charge in [0.25, 0.3) is 17.7 Å². The molecule has 1 N–H and O–H groups in total. The molecule has 1 atom stereocenters. The van der Waals surface area contributed by atoms with E-state index in [1.54, 1.807) is 31.2 Å². The standard InChI is InChI=1S/C19H17ClN2O4/c1-10-8-12(20)4-7-16(10)26-11(2)17(23)21-13-5-6-14-15(9-13)19(25)22(3)18(14)24/h4-9,11H,1-3H3,(H,21,23)/t11-/m0/s1. The molecule has 0 aliphatic carbocycles. The maximum atomic E-state index is 12.4. The summed E-state index contributed by atoms with van der Waals surface area (Å²) in [4.78, 5) is 37.4. The van der Waals surface area contributed by atoms with Crippen molar-refractivity contribution in [2.75, 3.05) is 12.4 Å². The number of imide groups is 1. The van der Waals surface area contributed by atoms with E-state index >= 15 is 0 Å². The van der Waals surface area contributed by atoms with Crippen LogP contribution in [-0.4, -0.2) is 35.8 Å². The smallest absolute Gasteiger partial charge is 0.265 e. The summed E-state index contributed by atoms with van der Waals surface area (Å²) in [5.74, 6) is -0.544. The quantitative estimate of drug-likeness (QED) is 0.836. The fourth-order valence-electron chi connectivity index (χ4n) is 2.67. The van der Waals surface area contributed by atoms with Crippen LogP contribution in [0.15, 0.2) is 36.4 Å². The number of rotatable bonds is 4. The third kappa shape index (κ3) is 3.28. The molecule has 1 aliphatic rings. The predicted octanol–water partition coefficient (Wildman–Crippen LogP) is 3.28. The molecular formula is C19H17ClN2O4. The molecule has 0 bridgehead atoms. The van der Waals surface area contributed by atoms with Gasteiger partial charge in [0.1, 0.15) is 5.75 Å². The second kappa shape index (κ2) is 6.80. The first-order chi connectivity index (χ1) is 12.3. The molecule has 6 nitrogen and oxygen atoms in total. The lowest BCUT2D eigenvalue weighted by Crippen LogP contribution is -2.30. The first-order valence-corrected chi connectivity index (χ1v) is 8.36. The van der Waals surface area contributed by atoms with Crippen molar-refractivity contribution in [3.8, 4) is 5.75 Å². The second-order valence-corrected chi connectivity index (χ2v) is 6.53. The predicted molar refractivity (Wildman–Crippen MR) is 97.8 cm³/mol. The number of nitrogens with one attached hydrogen (secondary N) is 1. The molecule has 26 heavy (non-hydrogen) atoms. The van der Waals surface area contributed by atoms with E-state index in [1.807, 2.05) is 6.92 Å². The van der Waals surface area contributed by atoms with Gasteiger partial charge >= 0.3 is 0 Å². The molecule has 1 aliphatic heterocycles. The Morgan fingerprint density at radius 1 is 1.12 bits per heavy atom. The zero-order chi connectivity index (χ0) is 19.0. The molecule has 2 aromatic carbocycles. The number of benzene rings is 2. The van der Waals surface area contributed by atoms with Crippen molar-refractivity contribution >= 4 is 35.0 Å². The summed E-state index contributed by atoms with van der Waals surface area (Å²) in [7, 11) is 1.42. The first kappa shape index (κ1) is 17.9. The number of aryl methyl sites for hydroxylation is 1. The summed E-state index contributed by atoms with van der Waals surface area (Å²) in [5.41, 5.74) is 1.85. The van der Waals surface area contributed by atoms with Crippen LogP contribution in [0.5, 0.6) is 5.75 Å². The highest BCUT2D eigenvalue weighted by Crippen LogP contribution is 2.26. The molecule has 0 fully saturated rings. The third-order valence-corrected chi connectivity index (χ3v) is 4.40. The number of carbonyl (C=O) groups is 3. The first-order valence-electron chi connectivity index (χ1n) is 7.98. The number of ether oxygens (including phenoxy) is 1. The fraction of sp³-hybridized carbons (Fsp3) is 0.211. The Balaban J connectivity index is 1.72. The zero-order valence-corrected chi connectivity index (χ0v) is 15.3. The van der Waals surface area contributed by atoms with Gasteiger partial charge in [-0.2, -0.15) is 0 Å². The molecule has 0 saturated carbocycles. The Bertz CT molecular complexity index is 926. The van der Waals surface area contributed by atoms with Crippen LogP contribution < -0.4 is 10.1 Å². The van der Waals surface area contributed by atoms with Crippen LogP contribution in [0.3, 0.4) is 0 Å². The van der Waals surface area contributed by atoms with Gasteiger partial charge in [0.05, 0.1) is 11.1 Å². The molecule has 0 saturated heterocycles. The number of fused-ring (bicyclic) bond motifs is 1. The van der Waals surface area contributed by atoms with Crippen LogP contribution in [0.1, 0.15) is 33.2 Å². The van der Waals surface area contributed by atoms with E-state index in [0.29, 0.717) is 22.0 Å². The summed E-state index contributed by atoms with van der Waals surface area (Å²) in [6.07, 6.45) is -0.761. The molecule has 0 unspecified atom stereocenters. The zero-order valence-electron chi connectivity index (χ0n) is 14.5. The monoisotopic (exact) mass is 372 g/mol. The van der Waals surface area contributed by atoms with Gasteiger partial charge in [-0.25, -0.2) is 0 Å². The van der Waals surface area contributed by atoms with Gasteiger partial charge in [-0.3, -0.25) is 19.3 Å². The van der Waals surface area contributed by atoms with Crippen LogP contribution in [-0.2, 0) is 4.79 Å². The molecule has 3 amide bonds. The number of halogens is 1. The lowest BCUT2D eigenvalue weighted by Gasteiger charge is -2.16. The molecule has 0 aromatic heterocycles. The van der Waals surface area contributed by atoms with Crippen LogP contribution in [0.25, 0.3) is 0 Å². The molecule has 0 radical (unpaired) electrons. The minimum Gasteiger partial charge on any atom is -0.481 e. The molecule has 2 aromatic rings. The van der Waals surface area contributed by atoms with Gasteiger partial charge < -0.3 is 10.1 Å². The van der Waals surface area contributed by atoms with Crippen LogP contribution in [0, 0.1) is 6.92 Å². The van der Waals surface area contributed by atoms with Gasteiger partial charge in [-0.1, -0.05) is 11.6 Å². The van der Waals surface area contributed by atoms with E-state index in [1.165, 1.54) is 19.2 Å². The number of carbonyl (C=O) groups excluding carboxylic acids is 3. The Kier molecular flexibility index (Phi) is 4.70. The van der Waals surface area contributed by atoms with E-state index in [9.17, 15) is 14.4 Å². The van der Waals surface area contributed by atoms with Gasteiger partial charge in [0.2, 0.25) is 0 Å². The topological polar surface area (TPSA) is 75.7 Å². The summed E-state index contributed by atoms with van der Waals surface area (Å²) >= 11 is 5.91. The van der Waals surface area contributed by atoms with Crippen molar-refractivity contribution in [2.45, 2.75) is 20.0 Å². The van der Waals surface area contributed by atoms with E-state index in [2.05, 4.69) is 5.32 Å². The molecule has 3 rings (SSSR count). The average Bonchev–Trinajstić information content (AvgIpc) is 2.81. The summed E-state index contributed by atoms with van der Waals surface area (Å²) in [6.45, 7) is 3.46. The van der Waals surface area contributed by atoms with Gasteiger partial charge in [-0.05, 0) is 55.8 Å². The van der Waals surface area contributed by atoms with Crippen LogP contribution in [0.4, 0.5) is 5.69 Å². The highest BCUT2D eigenvalue weighted by atomic mass is 35.5. The lowest BCUT2D eigenvalue weighted by molar-refractivity contribution is -0.122. The van der Waals surface area contributed by atoms with E-state index < -0.39 is 6.10 Å². The van der Waals surface area contributed by atoms with Crippen molar-refractivity contribution in [2.24, 2.45) is 0 Å². The average molecular weight is 373 g/mol. The van der Waals surface area contributed by atoms with Crippen molar-refractivity contribution < 1.29 is 19.1 Å². The Morgan fingerprint density at radius 2 is 1.81 bits per heavy atom. The normalized spacial score (nSPS) is 14.2. The Labute approximate surface area is 155 Å². The van der Waals surface area contributed by atoms with Gasteiger partial charge in [0, 0.05) is 17.8 Å². The highest BCUT2D eigenvalue weighted by molar-refractivity contribution is 6.30. The minimum atomic E-state index is -0.761. The number of hydrogen-bond acceptors (Lipinski definition) is 4. The molecule has 1 heterocycles.